The lowest BCUT2D eigenvalue weighted by Gasteiger charge is -2.29. The number of nitrogens with zero attached hydrogens (tertiary/aromatic N) is 1. The fourth-order valence-electron chi connectivity index (χ4n) is 3.01. The third-order valence-electron chi connectivity index (χ3n) is 4.02. The average Bonchev–Trinajstić information content (AvgIpc) is 2.85. The Labute approximate surface area is 121 Å². The van der Waals surface area contributed by atoms with Crippen LogP contribution < -0.4 is 5.32 Å². The standard InChI is InChI=1S/C14H28N2O2S/c1-2-19-14-5-3-4-13(14)15-10-12(17)11-16-6-8-18-9-7-16/h12-15,17H,2-11H2,1H3. The van der Waals surface area contributed by atoms with Gasteiger partial charge in [0, 0.05) is 37.5 Å². The third-order valence-corrected chi connectivity index (χ3v) is 5.35. The minimum Gasteiger partial charge on any atom is -0.390 e. The van der Waals surface area contributed by atoms with Gasteiger partial charge in [0.05, 0.1) is 19.3 Å². The highest BCUT2D eigenvalue weighted by Gasteiger charge is 2.27. The second-order valence-electron chi connectivity index (χ2n) is 5.51. The fourth-order valence-corrected chi connectivity index (χ4v) is 4.23. The molecule has 2 fully saturated rings. The molecule has 1 saturated carbocycles. The van der Waals surface area contributed by atoms with Crippen molar-refractivity contribution in [2.75, 3.05) is 45.1 Å². The van der Waals surface area contributed by atoms with Crippen LogP contribution in [0.4, 0.5) is 0 Å². The molecule has 0 amide bonds. The van der Waals surface area contributed by atoms with E-state index in [0.29, 0.717) is 6.04 Å². The van der Waals surface area contributed by atoms with E-state index in [4.69, 9.17) is 4.74 Å². The van der Waals surface area contributed by atoms with Crippen molar-refractivity contribution < 1.29 is 9.84 Å². The molecule has 0 aromatic heterocycles. The van der Waals surface area contributed by atoms with E-state index in [0.717, 1.165) is 44.6 Å². The summed E-state index contributed by atoms with van der Waals surface area (Å²) < 4.78 is 5.32. The number of ether oxygens (including phenoxy) is 1. The Morgan fingerprint density at radius 1 is 1.37 bits per heavy atom. The molecule has 0 aromatic carbocycles. The highest BCUT2D eigenvalue weighted by molar-refractivity contribution is 7.99. The Hall–Kier alpha value is 0.190. The minimum absolute atomic E-state index is 0.258. The van der Waals surface area contributed by atoms with E-state index < -0.39 is 0 Å². The molecular formula is C14H28N2O2S. The third kappa shape index (κ3) is 5.23. The average molecular weight is 288 g/mol. The van der Waals surface area contributed by atoms with Crippen molar-refractivity contribution in [1.29, 1.82) is 0 Å². The first-order valence-electron chi connectivity index (χ1n) is 7.62. The van der Waals surface area contributed by atoms with Gasteiger partial charge in [0.1, 0.15) is 0 Å². The number of aliphatic hydroxyl groups is 1. The maximum atomic E-state index is 10.1. The van der Waals surface area contributed by atoms with Gasteiger partial charge in [-0.2, -0.15) is 11.8 Å². The second-order valence-corrected chi connectivity index (χ2v) is 7.02. The zero-order chi connectivity index (χ0) is 13.5. The summed E-state index contributed by atoms with van der Waals surface area (Å²) in [6.45, 7) is 7.24. The summed E-state index contributed by atoms with van der Waals surface area (Å²) in [5.41, 5.74) is 0. The largest absolute Gasteiger partial charge is 0.390 e. The monoisotopic (exact) mass is 288 g/mol. The van der Waals surface area contributed by atoms with Crippen LogP contribution in [0, 0.1) is 0 Å². The minimum atomic E-state index is -0.258. The maximum absolute atomic E-state index is 10.1. The molecule has 1 aliphatic carbocycles. The van der Waals surface area contributed by atoms with Crippen molar-refractivity contribution in [3.8, 4) is 0 Å². The van der Waals surface area contributed by atoms with Crippen molar-refractivity contribution in [1.82, 2.24) is 10.2 Å². The van der Waals surface area contributed by atoms with E-state index in [-0.39, 0.29) is 6.10 Å². The van der Waals surface area contributed by atoms with Crippen molar-refractivity contribution in [3.05, 3.63) is 0 Å². The molecule has 112 valence electrons. The Morgan fingerprint density at radius 2 is 2.16 bits per heavy atom. The lowest BCUT2D eigenvalue weighted by atomic mass is 10.2. The number of nitrogens with one attached hydrogen (secondary N) is 1. The van der Waals surface area contributed by atoms with Crippen molar-refractivity contribution >= 4 is 11.8 Å². The first-order chi connectivity index (χ1) is 9.29. The number of aliphatic hydroxyl groups excluding tert-OH is 1. The number of β-amino-alcohol motifs (C(OH)–C–C–N with tert-alkyl or cyclic N) is 1. The van der Waals surface area contributed by atoms with Crippen LogP contribution >= 0.6 is 11.8 Å². The Balaban J connectivity index is 1.63. The van der Waals surface area contributed by atoms with E-state index in [1.165, 1.54) is 25.0 Å². The molecule has 2 rings (SSSR count). The number of thioether (sulfide) groups is 1. The van der Waals surface area contributed by atoms with E-state index in [1.54, 1.807) is 0 Å². The fraction of sp³-hybridized carbons (Fsp3) is 1.00. The van der Waals surface area contributed by atoms with Gasteiger partial charge in [-0.1, -0.05) is 13.3 Å². The van der Waals surface area contributed by atoms with Gasteiger partial charge in [-0.25, -0.2) is 0 Å². The molecule has 4 nitrogen and oxygen atoms in total. The summed E-state index contributed by atoms with van der Waals surface area (Å²) in [6, 6.07) is 0.601. The molecule has 0 aromatic rings. The molecule has 1 heterocycles. The smallest absolute Gasteiger partial charge is 0.0791 e. The van der Waals surface area contributed by atoms with Crippen molar-refractivity contribution in [3.63, 3.8) is 0 Å². The van der Waals surface area contributed by atoms with Gasteiger partial charge in [0.25, 0.3) is 0 Å². The maximum Gasteiger partial charge on any atom is 0.0791 e. The Kier molecular flexibility index (Phi) is 6.94. The Bertz CT molecular complexity index is 250. The topological polar surface area (TPSA) is 44.7 Å². The van der Waals surface area contributed by atoms with Crippen LogP contribution in [0.15, 0.2) is 0 Å². The molecular weight excluding hydrogens is 260 g/mol. The summed E-state index contributed by atoms with van der Waals surface area (Å²) >= 11 is 2.06. The molecule has 3 unspecified atom stereocenters. The SMILES string of the molecule is CCSC1CCCC1NCC(O)CN1CCOCC1. The van der Waals surface area contributed by atoms with Crippen LogP contribution in [-0.2, 0) is 4.74 Å². The van der Waals surface area contributed by atoms with Gasteiger partial charge < -0.3 is 15.2 Å². The van der Waals surface area contributed by atoms with Gasteiger partial charge in [-0.3, -0.25) is 4.90 Å². The molecule has 0 radical (unpaired) electrons. The van der Waals surface area contributed by atoms with E-state index in [1.807, 2.05) is 0 Å². The quantitative estimate of drug-likeness (QED) is 0.730. The van der Waals surface area contributed by atoms with Crippen LogP contribution in [-0.4, -0.2) is 72.5 Å². The first-order valence-corrected chi connectivity index (χ1v) is 8.67. The first kappa shape index (κ1) is 15.6. The second kappa shape index (κ2) is 8.47. The van der Waals surface area contributed by atoms with Crippen LogP contribution in [0.1, 0.15) is 26.2 Å². The lowest BCUT2D eigenvalue weighted by Crippen LogP contribution is -2.46. The van der Waals surface area contributed by atoms with Crippen molar-refractivity contribution in [2.24, 2.45) is 0 Å². The summed E-state index contributed by atoms with van der Waals surface area (Å²) in [4.78, 5) is 2.29. The van der Waals surface area contributed by atoms with Crippen LogP contribution in [0.5, 0.6) is 0 Å². The van der Waals surface area contributed by atoms with Gasteiger partial charge in [0.2, 0.25) is 0 Å². The highest BCUT2D eigenvalue weighted by Crippen LogP contribution is 2.29. The predicted molar refractivity (Wildman–Crippen MR) is 80.8 cm³/mol. The highest BCUT2D eigenvalue weighted by atomic mass is 32.2. The van der Waals surface area contributed by atoms with Crippen LogP contribution in [0.2, 0.25) is 0 Å². The number of rotatable bonds is 7. The van der Waals surface area contributed by atoms with Gasteiger partial charge >= 0.3 is 0 Å². The lowest BCUT2D eigenvalue weighted by molar-refractivity contribution is 0.0145. The van der Waals surface area contributed by atoms with E-state index >= 15 is 0 Å². The summed E-state index contributed by atoms with van der Waals surface area (Å²) in [7, 11) is 0. The van der Waals surface area contributed by atoms with E-state index in [9.17, 15) is 5.11 Å². The predicted octanol–water partition coefficient (Wildman–Crippen LogP) is 0.943. The molecule has 2 N–H and O–H groups in total. The summed E-state index contributed by atoms with van der Waals surface area (Å²) in [5, 5.41) is 14.5. The zero-order valence-corrected chi connectivity index (χ0v) is 12.8. The van der Waals surface area contributed by atoms with Gasteiger partial charge in [0.15, 0.2) is 0 Å². The van der Waals surface area contributed by atoms with Gasteiger partial charge in [-0.05, 0) is 18.6 Å². The normalized spacial score (nSPS) is 30.6. The molecule has 3 atom stereocenters. The number of hydrogen-bond donors (Lipinski definition) is 2. The molecule has 1 saturated heterocycles. The van der Waals surface area contributed by atoms with Crippen LogP contribution in [0.3, 0.4) is 0 Å². The van der Waals surface area contributed by atoms with Gasteiger partial charge in [-0.15, -0.1) is 0 Å². The molecule has 0 bridgehead atoms. The number of morpholine rings is 1. The molecule has 19 heavy (non-hydrogen) atoms. The summed E-state index contributed by atoms with van der Waals surface area (Å²) in [5.74, 6) is 1.19. The molecule has 0 spiro atoms. The number of hydrogen-bond acceptors (Lipinski definition) is 5. The van der Waals surface area contributed by atoms with Crippen LogP contribution in [0.25, 0.3) is 0 Å². The summed E-state index contributed by atoms with van der Waals surface area (Å²) in [6.07, 6.45) is 3.66. The Morgan fingerprint density at radius 3 is 2.89 bits per heavy atom. The molecule has 5 heteroatoms. The molecule has 1 aliphatic heterocycles. The zero-order valence-electron chi connectivity index (χ0n) is 12.0. The van der Waals surface area contributed by atoms with E-state index in [2.05, 4.69) is 28.9 Å². The van der Waals surface area contributed by atoms with Crippen molar-refractivity contribution in [2.45, 2.75) is 43.6 Å². The molecule has 2 aliphatic rings.